The fourth-order valence-corrected chi connectivity index (χ4v) is 7.21. The number of rotatable bonds is 13. The minimum Gasteiger partial charge on any atom is -0.463 e. The van der Waals surface area contributed by atoms with Crippen LogP contribution in [0.2, 0.25) is 5.02 Å². The number of hydrogen-bond donors (Lipinski definition) is 1. The Morgan fingerprint density at radius 2 is 1.68 bits per heavy atom. The van der Waals surface area contributed by atoms with Crippen molar-refractivity contribution >= 4 is 29.4 Å². The number of ether oxygens (including phenoxy) is 1. The van der Waals surface area contributed by atoms with E-state index in [4.69, 9.17) is 22.1 Å². The van der Waals surface area contributed by atoms with E-state index in [-0.39, 0.29) is 46.7 Å². The summed E-state index contributed by atoms with van der Waals surface area (Å²) < 4.78 is 105. The van der Waals surface area contributed by atoms with E-state index in [1.165, 1.54) is 42.6 Å². The standard InChI is InChI=1S/C38H37ClF7N7O3/c1-35(2,3)18-38(23-8-5-20(13-25(23)40)22-7-10-26(30(41)42)48-16-22)33(55)52(34(47)51-38)28(17-56-29(54)15-37(11-12-37)36(4,45)46)21-6-9-24(39)27(14-21)53-32(31(43)44)49-19-50-53/h5-10,13-14,16,19,28,30-31H,11-12,15,17-18H2,1-4H3,(H2,47,51)/t28-,38-/m1/s1. The van der Waals surface area contributed by atoms with Gasteiger partial charge in [0.05, 0.1) is 23.2 Å². The third kappa shape index (κ3) is 7.82. The van der Waals surface area contributed by atoms with Crippen LogP contribution < -0.4 is 5.73 Å². The second-order valence-corrected chi connectivity index (χ2v) is 15.7. The number of alkyl halides is 6. The summed E-state index contributed by atoms with van der Waals surface area (Å²) in [4.78, 5) is 41.0. The van der Waals surface area contributed by atoms with E-state index in [2.05, 4.69) is 20.1 Å². The quantitative estimate of drug-likeness (QED) is 0.106. The van der Waals surface area contributed by atoms with Gasteiger partial charge in [0.1, 0.15) is 24.4 Å². The van der Waals surface area contributed by atoms with Crippen LogP contribution in [0.1, 0.15) is 94.9 Å². The van der Waals surface area contributed by atoms with E-state index in [0.717, 1.165) is 35.0 Å². The molecule has 0 saturated heterocycles. The predicted molar refractivity (Wildman–Crippen MR) is 191 cm³/mol. The Balaban J connectivity index is 1.42. The molecule has 1 saturated carbocycles. The molecule has 18 heteroatoms. The molecule has 1 amide bonds. The van der Waals surface area contributed by atoms with Crippen LogP contribution in [0.25, 0.3) is 16.8 Å². The van der Waals surface area contributed by atoms with Crippen LogP contribution in [-0.4, -0.2) is 55.0 Å². The van der Waals surface area contributed by atoms with Gasteiger partial charge in [-0.3, -0.25) is 19.5 Å². The van der Waals surface area contributed by atoms with Crippen molar-refractivity contribution in [3.8, 4) is 16.8 Å². The molecule has 2 aliphatic rings. The van der Waals surface area contributed by atoms with Crippen LogP contribution >= 0.6 is 11.6 Å². The largest absolute Gasteiger partial charge is 0.463 e. The molecule has 3 heterocycles. The van der Waals surface area contributed by atoms with Gasteiger partial charge in [-0.2, -0.15) is 5.10 Å². The van der Waals surface area contributed by atoms with Crippen molar-refractivity contribution in [2.45, 2.75) is 83.7 Å². The van der Waals surface area contributed by atoms with Gasteiger partial charge in [-0.1, -0.05) is 56.6 Å². The third-order valence-corrected chi connectivity index (χ3v) is 10.3. The maximum Gasteiger partial charge on any atom is 0.306 e. The normalized spacial score (nSPS) is 18.8. The molecule has 0 radical (unpaired) electrons. The molecule has 2 aromatic carbocycles. The number of nitrogens with two attached hydrogens (primary N) is 1. The molecule has 1 aliphatic heterocycles. The van der Waals surface area contributed by atoms with Crippen LogP contribution in [0.15, 0.2) is 66.0 Å². The Hall–Kier alpha value is -5.06. The number of amides is 1. The van der Waals surface area contributed by atoms with E-state index in [1.807, 2.05) is 0 Å². The summed E-state index contributed by atoms with van der Waals surface area (Å²) >= 11 is 6.43. The van der Waals surface area contributed by atoms with E-state index < -0.39 is 89.4 Å². The molecule has 56 heavy (non-hydrogen) atoms. The van der Waals surface area contributed by atoms with Crippen LogP contribution in [0.3, 0.4) is 0 Å². The first-order chi connectivity index (χ1) is 26.2. The second kappa shape index (κ2) is 14.8. The number of aliphatic imine (C=N–C) groups is 1. The maximum absolute atomic E-state index is 16.4. The van der Waals surface area contributed by atoms with Crippen LogP contribution in [0.4, 0.5) is 30.7 Å². The zero-order valence-electron chi connectivity index (χ0n) is 30.6. The Morgan fingerprint density at radius 3 is 2.25 bits per heavy atom. The lowest BCUT2D eigenvalue weighted by atomic mass is 9.75. The van der Waals surface area contributed by atoms with Crippen molar-refractivity contribution < 1.29 is 45.1 Å². The van der Waals surface area contributed by atoms with E-state index in [1.54, 1.807) is 20.8 Å². The minimum absolute atomic E-state index is 0.0459. The summed E-state index contributed by atoms with van der Waals surface area (Å²) in [6.45, 7) is 5.43. The Morgan fingerprint density at radius 1 is 0.982 bits per heavy atom. The third-order valence-electron chi connectivity index (χ3n) is 10.0. The summed E-state index contributed by atoms with van der Waals surface area (Å²) in [5.74, 6) is -7.04. The number of aromatic nitrogens is 4. The van der Waals surface area contributed by atoms with Crippen LogP contribution in [0, 0.1) is 16.6 Å². The lowest BCUT2D eigenvalue weighted by Gasteiger charge is -2.35. The topological polar surface area (TPSA) is 129 Å². The number of hydrogen-bond acceptors (Lipinski definition) is 8. The van der Waals surface area contributed by atoms with Gasteiger partial charge in [-0.25, -0.2) is 45.4 Å². The van der Waals surface area contributed by atoms with Crippen molar-refractivity contribution in [1.82, 2.24) is 24.6 Å². The summed E-state index contributed by atoms with van der Waals surface area (Å²) in [7, 11) is 0. The van der Waals surface area contributed by atoms with Gasteiger partial charge in [-0.15, -0.1) is 0 Å². The van der Waals surface area contributed by atoms with Crippen molar-refractivity contribution in [3.63, 3.8) is 0 Å². The molecular weight excluding hydrogens is 771 g/mol. The van der Waals surface area contributed by atoms with Gasteiger partial charge >= 0.3 is 5.97 Å². The molecule has 4 aromatic rings. The first kappa shape index (κ1) is 40.6. The summed E-state index contributed by atoms with van der Waals surface area (Å²) in [6, 6.07) is 9.07. The number of carbonyl (C=O) groups excluding carboxylic acids is 2. The van der Waals surface area contributed by atoms with Crippen molar-refractivity contribution in [3.05, 3.63) is 94.5 Å². The summed E-state index contributed by atoms with van der Waals surface area (Å²) in [5.41, 5.74) is 2.23. The Bertz CT molecular complexity index is 2170. The first-order valence-corrected chi connectivity index (χ1v) is 17.8. The highest BCUT2D eigenvalue weighted by Crippen LogP contribution is 2.59. The van der Waals surface area contributed by atoms with E-state index in [0.29, 0.717) is 5.56 Å². The number of nitrogens with zero attached hydrogens (tertiary/aromatic N) is 6. The van der Waals surface area contributed by atoms with Crippen LogP contribution in [-0.2, 0) is 19.9 Å². The van der Waals surface area contributed by atoms with Gasteiger partial charge in [0.15, 0.2) is 17.3 Å². The van der Waals surface area contributed by atoms with E-state index in [9.17, 15) is 35.9 Å². The van der Waals surface area contributed by atoms with Gasteiger partial charge in [-0.05, 0) is 67.0 Å². The number of guanidine groups is 1. The molecule has 1 aliphatic carbocycles. The zero-order chi connectivity index (χ0) is 41.0. The number of carbonyl (C=O) groups is 2. The smallest absolute Gasteiger partial charge is 0.306 e. The van der Waals surface area contributed by atoms with Gasteiger partial charge in [0.25, 0.3) is 24.7 Å². The van der Waals surface area contributed by atoms with Gasteiger partial charge < -0.3 is 10.5 Å². The fraction of sp³-hybridized carbons (Fsp3) is 0.421. The summed E-state index contributed by atoms with van der Waals surface area (Å²) in [6.07, 6.45) is -4.32. The van der Waals surface area contributed by atoms with Crippen molar-refractivity contribution in [2.75, 3.05) is 6.61 Å². The Kier molecular flexibility index (Phi) is 10.7. The molecule has 2 atom stereocenters. The number of esters is 1. The molecule has 1 fully saturated rings. The van der Waals surface area contributed by atoms with Crippen molar-refractivity contribution in [2.24, 2.45) is 21.6 Å². The average Bonchev–Trinajstić information content (AvgIpc) is 3.66. The highest BCUT2D eigenvalue weighted by molar-refractivity contribution is 6.32. The summed E-state index contributed by atoms with van der Waals surface area (Å²) in [5, 5.41) is 3.83. The Labute approximate surface area is 321 Å². The molecule has 2 N–H and O–H groups in total. The second-order valence-electron chi connectivity index (χ2n) is 15.3. The SMILES string of the molecule is CC(C)(C)C[C@]1(c2ccc(-c3ccc(C(F)F)nc3)cc2F)N=C(N)N([C@H](COC(=O)CC2(C(C)(F)F)CC2)c2ccc(Cl)c(-n3ncnc3C(F)F)c2)C1=O. The zero-order valence-corrected chi connectivity index (χ0v) is 31.3. The molecule has 0 unspecified atom stereocenters. The molecule has 298 valence electrons. The monoisotopic (exact) mass is 807 g/mol. The van der Waals surface area contributed by atoms with Gasteiger partial charge in [0, 0.05) is 22.7 Å². The highest BCUT2D eigenvalue weighted by Gasteiger charge is 2.60. The average molecular weight is 808 g/mol. The molecule has 0 bridgehead atoms. The van der Waals surface area contributed by atoms with E-state index >= 15 is 4.39 Å². The minimum atomic E-state index is -3.17. The van der Waals surface area contributed by atoms with Crippen LogP contribution in [0.5, 0.6) is 0 Å². The molecule has 2 aromatic heterocycles. The number of halogens is 8. The molecule has 10 nitrogen and oxygen atoms in total. The fourth-order valence-electron chi connectivity index (χ4n) is 7.02. The number of benzene rings is 2. The van der Waals surface area contributed by atoms with Gasteiger partial charge in [0.2, 0.25) is 0 Å². The van der Waals surface area contributed by atoms with Crippen molar-refractivity contribution in [1.29, 1.82) is 0 Å². The number of pyridine rings is 1. The first-order valence-electron chi connectivity index (χ1n) is 17.4. The predicted octanol–water partition coefficient (Wildman–Crippen LogP) is 8.90. The molecular formula is C38H37ClF7N7O3. The maximum atomic E-state index is 16.4. The molecule has 6 rings (SSSR count). The lowest BCUT2D eigenvalue weighted by molar-refractivity contribution is -0.153. The lowest BCUT2D eigenvalue weighted by Crippen LogP contribution is -2.47. The molecule has 0 spiro atoms. The highest BCUT2D eigenvalue weighted by atomic mass is 35.5.